The smallest absolute Gasteiger partial charge is 0.344 e. The molecule has 0 heterocycles. The molecule has 0 aliphatic heterocycles. The molecule has 118 valence electrons. The van der Waals surface area contributed by atoms with Crippen LogP contribution in [0.4, 0.5) is 0 Å². The maximum atomic E-state index is 11.2. The Bertz CT molecular complexity index is 479. The van der Waals surface area contributed by atoms with Crippen LogP contribution in [0.3, 0.4) is 0 Å². The third-order valence-electron chi connectivity index (χ3n) is 2.95. The van der Waals surface area contributed by atoms with Gasteiger partial charge in [0, 0.05) is 6.54 Å². The highest BCUT2D eigenvalue weighted by atomic mass is 79.9. The number of halogens is 1. The number of aliphatic carboxylic acids is 1. The number of benzene rings is 1. The molecule has 0 aliphatic rings. The van der Waals surface area contributed by atoms with E-state index in [4.69, 9.17) is 9.47 Å². The van der Waals surface area contributed by atoms with Crippen molar-refractivity contribution in [3.63, 3.8) is 0 Å². The van der Waals surface area contributed by atoms with E-state index in [9.17, 15) is 9.90 Å². The molecule has 21 heavy (non-hydrogen) atoms. The quantitative estimate of drug-likeness (QED) is 0.708. The number of carbonyl (C=O) groups is 1. The summed E-state index contributed by atoms with van der Waals surface area (Å²) in [7, 11) is 1.54. The van der Waals surface area contributed by atoms with Crippen LogP contribution in [0, 0.1) is 0 Å². The minimum Gasteiger partial charge on any atom is -0.493 e. The second-order valence-electron chi connectivity index (χ2n) is 4.62. The summed E-state index contributed by atoms with van der Waals surface area (Å²) in [5.41, 5.74) is 1.04. The van der Waals surface area contributed by atoms with E-state index >= 15 is 0 Å². The van der Waals surface area contributed by atoms with Crippen molar-refractivity contribution < 1.29 is 19.4 Å². The van der Waals surface area contributed by atoms with Crippen LogP contribution in [0.2, 0.25) is 0 Å². The predicted molar refractivity (Wildman–Crippen MR) is 85.0 cm³/mol. The van der Waals surface area contributed by atoms with Crippen molar-refractivity contribution in [2.75, 3.05) is 13.7 Å². The van der Waals surface area contributed by atoms with Crippen LogP contribution in [-0.4, -0.2) is 30.8 Å². The van der Waals surface area contributed by atoms with Crippen molar-refractivity contribution in [1.29, 1.82) is 0 Å². The lowest BCUT2D eigenvalue weighted by Gasteiger charge is -2.19. The Balaban J connectivity index is 3.02. The summed E-state index contributed by atoms with van der Waals surface area (Å²) < 4.78 is 11.7. The van der Waals surface area contributed by atoms with E-state index in [0.717, 1.165) is 18.5 Å². The summed E-state index contributed by atoms with van der Waals surface area (Å²) in [6.07, 6.45) is 0.305. The normalized spacial score (nSPS) is 12.0. The Labute approximate surface area is 133 Å². The summed E-state index contributed by atoms with van der Waals surface area (Å²) in [5.74, 6) is -0.0132. The van der Waals surface area contributed by atoms with E-state index in [2.05, 4.69) is 21.2 Å². The standard InChI is InChI=1S/C15H22BrNO4/c1-4-6-12(15(18)19)21-14-11(16)7-10(9-17-5-2)8-13(14)20-3/h7-8,12,17H,4-6,9H2,1-3H3,(H,18,19). The number of carboxylic acid groups (broad SMARTS) is 1. The van der Waals surface area contributed by atoms with Crippen molar-refractivity contribution in [2.45, 2.75) is 39.3 Å². The first-order valence-electron chi connectivity index (χ1n) is 7.00. The summed E-state index contributed by atoms with van der Waals surface area (Å²) in [6.45, 7) is 5.54. The van der Waals surface area contributed by atoms with Gasteiger partial charge >= 0.3 is 5.97 Å². The fourth-order valence-electron chi connectivity index (χ4n) is 1.90. The van der Waals surface area contributed by atoms with Crippen molar-refractivity contribution >= 4 is 21.9 Å². The first kappa shape index (κ1) is 17.8. The molecule has 1 aromatic rings. The maximum absolute atomic E-state index is 11.2. The average molecular weight is 360 g/mol. The Morgan fingerprint density at radius 2 is 2.14 bits per heavy atom. The van der Waals surface area contributed by atoms with Crippen LogP contribution in [0.15, 0.2) is 16.6 Å². The molecule has 0 bridgehead atoms. The molecule has 0 saturated heterocycles. The first-order chi connectivity index (χ1) is 10.0. The fourth-order valence-corrected chi connectivity index (χ4v) is 2.48. The van der Waals surface area contributed by atoms with Crippen LogP contribution in [0.5, 0.6) is 11.5 Å². The number of hydrogen-bond acceptors (Lipinski definition) is 4. The van der Waals surface area contributed by atoms with E-state index in [1.54, 1.807) is 7.11 Å². The second kappa shape index (κ2) is 8.89. The highest BCUT2D eigenvalue weighted by Crippen LogP contribution is 2.37. The molecule has 0 saturated carbocycles. The minimum absolute atomic E-state index is 0.429. The third-order valence-corrected chi connectivity index (χ3v) is 3.54. The molecular weight excluding hydrogens is 338 g/mol. The maximum Gasteiger partial charge on any atom is 0.344 e. The molecule has 1 aromatic carbocycles. The van der Waals surface area contributed by atoms with Gasteiger partial charge in [0.2, 0.25) is 0 Å². The Morgan fingerprint density at radius 3 is 2.67 bits per heavy atom. The fraction of sp³-hybridized carbons (Fsp3) is 0.533. The van der Waals surface area contributed by atoms with Crippen molar-refractivity contribution in [3.8, 4) is 11.5 Å². The molecule has 0 radical (unpaired) electrons. The molecule has 0 fully saturated rings. The molecular formula is C15H22BrNO4. The van der Waals surface area contributed by atoms with Gasteiger partial charge in [-0.2, -0.15) is 0 Å². The summed E-state index contributed by atoms with van der Waals surface area (Å²) >= 11 is 3.43. The average Bonchev–Trinajstić information content (AvgIpc) is 2.46. The minimum atomic E-state index is -0.970. The highest BCUT2D eigenvalue weighted by Gasteiger charge is 2.22. The zero-order valence-electron chi connectivity index (χ0n) is 12.6. The third kappa shape index (κ3) is 5.21. The van der Waals surface area contributed by atoms with Gasteiger partial charge in [-0.1, -0.05) is 20.3 Å². The van der Waals surface area contributed by atoms with Gasteiger partial charge in [-0.05, 0) is 46.6 Å². The van der Waals surface area contributed by atoms with Crippen molar-refractivity contribution in [2.24, 2.45) is 0 Å². The number of hydrogen-bond donors (Lipinski definition) is 2. The van der Waals surface area contributed by atoms with Gasteiger partial charge in [0.05, 0.1) is 11.6 Å². The molecule has 2 N–H and O–H groups in total. The van der Waals surface area contributed by atoms with Crippen LogP contribution < -0.4 is 14.8 Å². The Hall–Kier alpha value is -1.27. The number of nitrogens with one attached hydrogen (secondary N) is 1. The van der Waals surface area contributed by atoms with E-state index in [0.29, 0.717) is 28.9 Å². The second-order valence-corrected chi connectivity index (χ2v) is 5.48. The zero-order valence-corrected chi connectivity index (χ0v) is 14.2. The number of rotatable bonds is 9. The molecule has 5 nitrogen and oxygen atoms in total. The Kier molecular flexibility index (Phi) is 7.53. The molecule has 6 heteroatoms. The summed E-state index contributed by atoms with van der Waals surface area (Å²) in [4.78, 5) is 11.2. The lowest BCUT2D eigenvalue weighted by molar-refractivity contribution is -0.145. The molecule has 1 atom stereocenters. The van der Waals surface area contributed by atoms with Gasteiger partial charge in [0.15, 0.2) is 17.6 Å². The van der Waals surface area contributed by atoms with Gasteiger partial charge in [-0.3, -0.25) is 0 Å². The molecule has 0 amide bonds. The summed E-state index contributed by atoms with van der Waals surface area (Å²) in [6, 6.07) is 3.76. The summed E-state index contributed by atoms with van der Waals surface area (Å²) in [5, 5.41) is 12.4. The van der Waals surface area contributed by atoms with E-state index in [1.807, 2.05) is 26.0 Å². The van der Waals surface area contributed by atoms with E-state index < -0.39 is 12.1 Å². The molecule has 1 unspecified atom stereocenters. The largest absolute Gasteiger partial charge is 0.493 e. The van der Waals surface area contributed by atoms with Crippen molar-refractivity contribution in [3.05, 3.63) is 22.2 Å². The van der Waals surface area contributed by atoms with Crippen LogP contribution in [-0.2, 0) is 11.3 Å². The molecule has 0 aromatic heterocycles. The zero-order chi connectivity index (χ0) is 15.8. The van der Waals surface area contributed by atoms with E-state index in [1.165, 1.54) is 0 Å². The first-order valence-corrected chi connectivity index (χ1v) is 7.79. The van der Waals surface area contributed by atoms with Crippen molar-refractivity contribution in [1.82, 2.24) is 5.32 Å². The van der Waals surface area contributed by atoms with Gasteiger partial charge < -0.3 is 19.9 Å². The molecule has 0 spiro atoms. The lowest BCUT2D eigenvalue weighted by Crippen LogP contribution is -2.27. The van der Waals surface area contributed by atoms with Crippen LogP contribution >= 0.6 is 15.9 Å². The SMILES string of the molecule is CCCC(Oc1c(Br)cc(CNCC)cc1OC)C(=O)O. The number of ether oxygens (including phenoxy) is 2. The van der Waals surface area contributed by atoms with Gasteiger partial charge in [0.25, 0.3) is 0 Å². The van der Waals surface area contributed by atoms with Gasteiger partial charge in [-0.25, -0.2) is 4.79 Å². The number of carboxylic acids is 1. The van der Waals surface area contributed by atoms with Crippen LogP contribution in [0.25, 0.3) is 0 Å². The molecule has 1 rings (SSSR count). The van der Waals surface area contributed by atoms with Crippen LogP contribution in [0.1, 0.15) is 32.3 Å². The number of methoxy groups -OCH3 is 1. The topological polar surface area (TPSA) is 67.8 Å². The lowest BCUT2D eigenvalue weighted by atomic mass is 10.2. The predicted octanol–water partition coefficient (Wildman–Crippen LogP) is 3.20. The van der Waals surface area contributed by atoms with E-state index in [-0.39, 0.29) is 0 Å². The monoisotopic (exact) mass is 359 g/mol. The Morgan fingerprint density at radius 1 is 1.43 bits per heavy atom. The van der Waals surface area contributed by atoms with Gasteiger partial charge in [0.1, 0.15) is 0 Å². The van der Waals surface area contributed by atoms with Gasteiger partial charge in [-0.15, -0.1) is 0 Å². The molecule has 0 aliphatic carbocycles. The highest BCUT2D eigenvalue weighted by molar-refractivity contribution is 9.10.